The molecule has 3 aromatic rings. The fraction of sp³-hybridized carbons (Fsp3) is 0.269. The molecule has 0 aromatic heterocycles. The van der Waals surface area contributed by atoms with Gasteiger partial charge in [0.15, 0.2) is 0 Å². The summed E-state index contributed by atoms with van der Waals surface area (Å²) in [6.45, 7) is 2.13. The van der Waals surface area contributed by atoms with Crippen LogP contribution in [-0.4, -0.2) is 40.1 Å². The number of benzene rings is 3. The zero-order valence-electron chi connectivity index (χ0n) is 20.8. The third-order valence-electron chi connectivity index (χ3n) is 6.36. The number of halogens is 3. The van der Waals surface area contributed by atoms with Crippen molar-refractivity contribution in [1.29, 1.82) is 0 Å². The lowest BCUT2D eigenvalue weighted by Gasteiger charge is -2.31. The standard InChI is InChI=1S/C26H26Cl3N3O5S2/c1-17-4-6-20(27)14-25(17)31-39(36,37)22-9-7-21(8-10-22)30-26(33)19-3-2-12-32(15-19)38(34,35)16-18-5-11-23(28)24(29)13-18/h4-11,13-14,19,31H,2-3,12,15-16H2,1H3,(H,30,33). The average molecular weight is 631 g/mol. The van der Waals surface area contributed by atoms with Crippen molar-refractivity contribution in [2.24, 2.45) is 5.92 Å². The maximum absolute atomic E-state index is 13.0. The van der Waals surface area contributed by atoms with Gasteiger partial charge in [0.05, 0.1) is 32.3 Å². The molecule has 13 heteroatoms. The van der Waals surface area contributed by atoms with Crippen molar-refractivity contribution < 1.29 is 21.6 Å². The van der Waals surface area contributed by atoms with E-state index in [0.29, 0.717) is 51.9 Å². The number of aryl methyl sites for hydroxylation is 1. The Balaban J connectivity index is 1.39. The van der Waals surface area contributed by atoms with E-state index in [9.17, 15) is 21.6 Å². The summed E-state index contributed by atoms with van der Waals surface area (Å²) in [6.07, 6.45) is 1.06. The van der Waals surface area contributed by atoms with Crippen LogP contribution in [0.2, 0.25) is 15.1 Å². The smallest absolute Gasteiger partial charge is 0.261 e. The van der Waals surface area contributed by atoms with Gasteiger partial charge < -0.3 is 5.32 Å². The Morgan fingerprint density at radius 2 is 1.67 bits per heavy atom. The first-order valence-corrected chi connectivity index (χ1v) is 16.2. The maximum Gasteiger partial charge on any atom is 0.261 e. The van der Waals surface area contributed by atoms with Crippen molar-refractivity contribution in [3.63, 3.8) is 0 Å². The van der Waals surface area contributed by atoms with E-state index in [0.717, 1.165) is 0 Å². The molecule has 1 aliphatic heterocycles. The van der Waals surface area contributed by atoms with Crippen LogP contribution < -0.4 is 10.0 Å². The number of anilines is 2. The normalized spacial score (nSPS) is 16.6. The van der Waals surface area contributed by atoms with Crippen molar-refractivity contribution in [3.05, 3.63) is 86.9 Å². The van der Waals surface area contributed by atoms with Crippen LogP contribution in [-0.2, 0) is 30.6 Å². The van der Waals surface area contributed by atoms with Crippen molar-refractivity contribution in [2.45, 2.75) is 30.4 Å². The number of hydrogen-bond donors (Lipinski definition) is 2. The van der Waals surface area contributed by atoms with Gasteiger partial charge in [0.25, 0.3) is 10.0 Å². The summed E-state index contributed by atoms with van der Waals surface area (Å²) in [7, 11) is -7.57. The molecule has 1 unspecified atom stereocenters. The molecule has 1 heterocycles. The molecule has 1 fully saturated rings. The highest BCUT2D eigenvalue weighted by molar-refractivity contribution is 7.92. The Labute approximate surface area is 243 Å². The molecule has 39 heavy (non-hydrogen) atoms. The summed E-state index contributed by atoms with van der Waals surface area (Å²) in [5.74, 6) is -1.15. The largest absolute Gasteiger partial charge is 0.326 e. The minimum atomic E-state index is -3.88. The second-order valence-corrected chi connectivity index (χ2v) is 14.2. The number of hydrogen-bond acceptors (Lipinski definition) is 5. The molecule has 0 saturated carbocycles. The highest BCUT2D eigenvalue weighted by Crippen LogP contribution is 2.27. The lowest BCUT2D eigenvalue weighted by atomic mass is 9.99. The van der Waals surface area contributed by atoms with E-state index < -0.39 is 26.0 Å². The molecule has 1 aliphatic rings. The highest BCUT2D eigenvalue weighted by atomic mass is 35.5. The molecule has 0 spiro atoms. The van der Waals surface area contributed by atoms with Crippen LogP contribution in [0.15, 0.2) is 65.6 Å². The highest BCUT2D eigenvalue weighted by Gasteiger charge is 2.32. The topological polar surface area (TPSA) is 113 Å². The van der Waals surface area contributed by atoms with Crippen molar-refractivity contribution in [2.75, 3.05) is 23.1 Å². The summed E-state index contributed by atoms with van der Waals surface area (Å²) >= 11 is 17.9. The fourth-order valence-corrected chi connectivity index (χ4v) is 7.42. The van der Waals surface area contributed by atoms with E-state index in [1.54, 1.807) is 31.2 Å². The summed E-state index contributed by atoms with van der Waals surface area (Å²) in [4.78, 5) is 13.0. The van der Waals surface area contributed by atoms with Gasteiger partial charge >= 0.3 is 0 Å². The molecular formula is C26H26Cl3N3O5S2. The van der Waals surface area contributed by atoms with Crippen molar-refractivity contribution in [3.8, 4) is 0 Å². The first-order valence-electron chi connectivity index (χ1n) is 12.0. The van der Waals surface area contributed by atoms with Crippen LogP contribution in [0.4, 0.5) is 11.4 Å². The molecular weight excluding hydrogens is 605 g/mol. The number of rotatable bonds is 8. The molecule has 4 rings (SSSR count). The lowest BCUT2D eigenvalue weighted by molar-refractivity contribution is -0.120. The van der Waals surface area contributed by atoms with E-state index >= 15 is 0 Å². The van der Waals surface area contributed by atoms with E-state index in [1.165, 1.54) is 40.7 Å². The van der Waals surface area contributed by atoms with Gasteiger partial charge in [-0.1, -0.05) is 46.9 Å². The Morgan fingerprint density at radius 1 is 0.949 bits per heavy atom. The molecule has 2 N–H and O–H groups in total. The summed E-state index contributed by atoms with van der Waals surface area (Å²) in [5.41, 5.74) is 1.99. The van der Waals surface area contributed by atoms with Gasteiger partial charge in [-0.25, -0.2) is 21.1 Å². The molecule has 0 radical (unpaired) electrons. The minimum Gasteiger partial charge on any atom is -0.326 e. The molecule has 0 bridgehead atoms. The number of carbonyl (C=O) groups is 1. The molecule has 208 valence electrons. The summed E-state index contributed by atoms with van der Waals surface area (Å²) < 4.78 is 55.5. The predicted octanol–water partition coefficient (Wildman–Crippen LogP) is 5.94. The molecule has 1 amide bonds. The van der Waals surface area contributed by atoms with Crippen LogP contribution in [0.5, 0.6) is 0 Å². The van der Waals surface area contributed by atoms with E-state index in [2.05, 4.69) is 10.0 Å². The van der Waals surface area contributed by atoms with Gasteiger partial charge in [0, 0.05) is 23.8 Å². The van der Waals surface area contributed by atoms with E-state index in [1.807, 2.05) is 0 Å². The van der Waals surface area contributed by atoms with Gasteiger partial charge in [0.1, 0.15) is 0 Å². The Bertz CT molecular complexity index is 1600. The van der Waals surface area contributed by atoms with Crippen LogP contribution in [0.3, 0.4) is 0 Å². The zero-order valence-corrected chi connectivity index (χ0v) is 24.7. The number of sulfonamides is 2. The lowest BCUT2D eigenvalue weighted by Crippen LogP contribution is -2.44. The third-order valence-corrected chi connectivity index (χ3v) is 10.5. The Hall–Kier alpha value is -2.34. The predicted molar refractivity (Wildman–Crippen MR) is 155 cm³/mol. The van der Waals surface area contributed by atoms with Crippen LogP contribution >= 0.6 is 34.8 Å². The van der Waals surface area contributed by atoms with Crippen LogP contribution in [0.25, 0.3) is 0 Å². The second-order valence-electron chi connectivity index (χ2n) is 9.28. The SMILES string of the molecule is Cc1ccc(Cl)cc1NS(=O)(=O)c1ccc(NC(=O)C2CCCN(S(=O)(=O)Cc3ccc(Cl)c(Cl)c3)C2)cc1. The number of piperidine rings is 1. The minimum absolute atomic E-state index is 0.0112. The quantitative estimate of drug-likeness (QED) is 0.320. The van der Waals surface area contributed by atoms with Gasteiger partial charge in [0.2, 0.25) is 15.9 Å². The summed E-state index contributed by atoms with van der Waals surface area (Å²) in [5, 5.41) is 3.78. The van der Waals surface area contributed by atoms with Gasteiger partial charge in [-0.2, -0.15) is 0 Å². The average Bonchev–Trinajstić information content (AvgIpc) is 2.88. The van der Waals surface area contributed by atoms with Crippen LogP contribution in [0, 0.1) is 12.8 Å². The number of carbonyl (C=O) groups excluding carboxylic acids is 1. The first-order chi connectivity index (χ1) is 18.3. The Kier molecular flexibility index (Phi) is 9.15. The van der Waals surface area contributed by atoms with Gasteiger partial charge in [-0.15, -0.1) is 0 Å². The molecule has 3 aromatic carbocycles. The van der Waals surface area contributed by atoms with Crippen molar-refractivity contribution >= 4 is 72.1 Å². The summed E-state index contributed by atoms with van der Waals surface area (Å²) in [6, 6.07) is 15.3. The van der Waals surface area contributed by atoms with Gasteiger partial charge in [-0.05, 0) is 79.4 Å². The molecule has 1 saturated heterocycles. The molecule has 1 atom stereocenters. The maximum atomic E-state index is 13.0. The number of nitrogens with zero attached hydrogens (tertiary/aromatic N) is 1. The number of nitrogens with one attached hydrogen (secondary N) is 2. The third kappa shape index (κ3) is 7.45. The van der Waals surface area contributed by atoms with Crippen LogP contribution in [0.1, 0.15) is 24.0 Å². The zero-order chi connectivity index (χ0) is 28.4. The fourth-order valence-electron chi connectivity index (χ4n) is 4.21. The van der Waals surface area contributed by atoms with E-state index in [-0.39, 0.29) is 28.1 Å². The van der Waals surface area contributed by atoms with E-state index in [4.69, 9.17) is 34.8 Å². The monoisotopic (exact) mass is 629 g/mol. The number of amides is 1. The van der Waals surface area contributed by atoms with Crippen molar-refractivity contribution in [1.82, 2.24) is 4.31 Å². The molecule has 0 aliphatic carbocycles. The second kappa shape index (κ2) is 12.0. The molecule has 8 nitrogen and oxygen atoms in total. The first kappa shape index (κ1) is 29.6. The Morgan fingerprint density at radius 3 is 2.36 bits per heavy atom. The van der Waals surface area contributed by atoms with Gasteiger partial charge in [-0.3, -0.25) is 9.52 Å².